The van der Waals surface area contributed by atoms with Gasteiger partial charge in [0.1, 0.15) is 5.69 Å². The molecule has 0 bridgehead atoms. The maximum Gasteiger partial charge on any atom is 0.270 e. The van der Waals surface area contributed by atoms with E-state index in [-0.39, 0.29) is 23.8 Å². The zero-order valence-electron chi connectivity index (χ0n) is 12.5. The summed E-state index contributed by atoms with van der Waals surface area (Å²) in [6.45, 7) is 5.32. The second-order valence-electron chi connectivity index (χ2n) is 5.72. The van der Waals surface area contributed by atoms with E-state index in [1.807, 2.05) is 23.8 Å². The van der Waals surface area contributed by atoms with Gasteiger partial charge in [-0.2, -0.15) is 0 Å². The highest BCUT2D eigenvalue weighted by molar-refractivity contribution is 9.10. The van der Waals surface area contributed by atoms with Crippen molar-refractivity contribution in [3.8, 4) is 0 Å². The Hall–Kier alpha value is -1.30. The summed E-state index contributed by atoms with van der Waals surface area (Å²) >= 11 is 3.43. The number of aromatic nitrogens is 1. The van der Waals surface area contributed by atoms with Gasteiger partial charge in [0.15, 0.2) is 0 Å². The average Bonchev–Trinajstić information content (AvgIpc) is 2.79. The summed E-state index contributed by atoms with van der Waals surface area (Å²) in [7, 11) is 0. The number of carbonyl (C=O) groups excluding carboxylic acids is 2. The first-order chi connectivity index (χ1) is 9.93. The zero-order valence-corrected chi connectivity index (χ0v) is 14.1. The van der Waals surface area contributed by atoms with Gasteiger partial charge in [-0.25, -0.2) is 0 Å². The normalized spacial score (nSPS) is 22.3. The Labute approximate surface area is 133 Å². The average molecular weight is 356 g/mol. The fourth-order valence-electron chi connectivity index (χ4n) is 2.85. The summed E-state index contributed by atoms with van der Waals surface area (Å²) in [6, 6.07) is 1.98. The highest BCUT2D eigenvalue weighted by atomic mass is 79.9. The summed E-state index contributed by atoms with van der Waals surface area (Å²) < 4.78 is 2.86. The van der Waals surface area contributed by atoms with Crippen molar-refractivity contribution < 1.29 is 9.59 Å². The third-order valence-corrected chi connectivity index (χ3v) is 4.53. The van der Waals surface area contributed by atoms with Crippen molar-refractivity contribution in [2.75, 3.05) is 6.54 Å². The molecule has 1 saturated heterocycles. The van der Waals surface area contributed by atoms with Crippen molar-refractivity contribution in [2.45, 2.75) is 45.7 Å². The number of hydrogen-bond acceptors (Lipinski definition) is 2. The van der Waals surface area contributed by atoms with E-state index in [4.69, 9.17) is 5.73 Å². The molecular formula is C15H22BrN3O2. The van der Waals surface area contributed by atoms with Crippen molar-refractivity contribution in [3.63, 3.8) is 0 Å². The zero-order chi connectivity index (χ0) is 15.6. The lowest BCUT2D eigenvalue weighted by Crippen LogP contribution is -2.49. The monoisotopic (exact) mass is 355 g/mol. The number of carbonyl (C=O) groups is 2. The van der Waals surface area contributed by atoms with Crippen LogP contribution in [-0.2, 0) is 11.3 Å². The lowest BCUT2D eigenvalue weighted by molar-refractivity contribution is -0.123. The maximum atomic E-state index is 12.8. The molecule has 2 unspecified atom stereocenters. The van der Waals surface area contributed by atoms with E-state index in [0.717, 1.165) is 30.3 Å². The number of halogens is 1. The van der Waals surface area contributed by atoms with Gasteiger partial charge in [0, 0.05) is 29.8 Å². The van der Waals surface area contributed by atoms with Gasteiger partial charge in [0.25, 0.3) is 5.91 Å². The molecule has 116 valence electrons. The summed E-state index contributed by atoms with van der Waals surface area (Å²) in [5.41, 5.74) is 6.07. The predicted octanol–water partition coefficient (Wildman–Crippen LogP) is 2.39. The maximum absolute atomic E-state index is 12.8. The quantitative estimate of drug-likeness (QED) is 0.900. The number of nitrogens with two attached hydrogens (primary N) is 1. The van der Waals surface area contributed by atoms with Crippen LogP contribution in [0.15, 0.2) is 16.7 Å². The highest BCUT2D eigenvalue weighted by Crippen LogP contribution is 2.25. The first-order valence-corrected chi connectivity index (χ1v) is 8.19. The number of likely N-dealkylation sites (tertiary alicyclic amines) is 1. The number of aryl methyl sites for hydroxylation is 1. The number of rotatable bonds is 4. The second-order valence-corrected chi connectivity index (χ2v) is 6.64. The molecule has 2 rings (SSSR count). The van der Waals surface area contributed by atoms with Gasteiger partial charge in [-0.1, -0.05) is 6.92 Å². The first-order valence-electron chi connectivity index (χ1n) is 7.40. The van der Waals surface area contributed by atoms with Crippen LogP contribution in [-0.4, -0.2) is 33.9 Å². The molecule has 1 aromatic heterocycles. The first kappa shape index (κ1) is 16.1. The molecule has 1 aromatic rings. The van der Waals surface area contributed by atoms with Crippen molar-refractivity contribution in [3.05, 3.63) is 22.4 Å². The standard InChI is InChI=1S/C15H22BrN3O2/c1-3-6-18-9-12(16)7-13(18)15(21)19-8-11(14(17)20)5-4-10(19)2/h7,9-11H,3-6,8H2,1-2H3,(H2,17,20). The van der Waals surface area contributed by atoms with Gasteiger partial charge < -0.3 is 15.2 Å². The SMILES string of the molecule is CCCn1cc(Br)cc1C(=O)N1CC(C(N)=O)CCC1C. The molecule has 0 radical (unpaired) electrons. The van der Waals surface area contributed by atoms with Crippen molar-refractivity contribution in [2.24, 2.45) is 11.7 Å². The molecule has 2 atom stereocenters. The lowest BCUT2D eigenvalue weighted by atomic mass is 9.92. The Morgan fingerprint density at radius 2 is 2.14 bits per heavy atom. The summed E-state index contributed by atoms with van der Waals surface area (Å²) in [4.78, 5) is 26.0. The van der Waals surface area contributed by atoms with E-state index in [0.29, 0.717) is 12.2 Å². The van der Waals surface area contributed by atoms with E-state index in [2.05, 4.69) is 22.9 Å². The number of primary amides is 1. The summed E-state index contributed by atoms with van der Waals surface area (Å²) in [5.74, 6) is -0.569. The molecule has 2 amide bonds. The molecule has 1 aliphatic rings. The summed E-state index contributed by atoms with van der Waals surface area (Å²) in [5, 5.41) is 0. The number of nitrogens with zero attached hydrogens (tertiary/aromatic N) is 2. The van der Waals surface area contributed by atoms with Crippen LogP contribution >= 0.6 is 15.9 Å². The fraction of sp³-hybridized carbons (Fsp3) is 0.600. The topological polar surface area (TPSA) is 68.3 Å². The van der Waals surface area contributed by atoms with Crippen molar-refractivity contribution in [1.29, 1.82) is 0 Å². The highest BCUT2D eigenvalue weighted by Gasteiger charge is 2.33. The molecule has 0 aromatic carbocycles. The van der Waals surface area contributed by atoms with Crippen molar-refractivity contribution in [1.82, 2.24) is 9.47 Å². The van der Waals surface area contributed by atoms with Crippen LogP contribution in [0.5, 0.6) is 0 Å². The number of amides is 2. The molecular weight excluding hydrogens is 334 g/mol. The fourth-order valence-corrected chi connectivity index (χ4v) is 3.31. The molecule has 0 aliphatic carbocycles. The molecule has 1 aliphatic heterocycles. The third-order valence-electron chi connectivity index (χ3n) is 4.09. The van der Waals surface area contributed by atoms with Gasteiger partial charge >= 0.3 is 0 Å². The Kier molecular flexibility index (Phi) is 5.08. The van der Waals surface area contributed by atoms with E-state index in [1.165, 1.54) is 0 Å². The number of piperidine rings is 1. The number of hydrogen-bond donors (Lipinski definition) is 1. The summed E-state index contributed by atoms with van der Waals surface area (Å²) in [6.07, 6.45) is 4.47. The van der Waals surface area contributed by atoms with Crippen LogP contribution in [0.1, 0.15) is 43.6 Å². The van der Waals surface area contributed by atoms with Gasteiger partial charge in [0.2, 0.25) is 5.91 Å². The van der Waals surface area contributed by atoms with Gasteiger partial charge in [-0.05, 0) is 48.2 Å². The third kappa shape index (κ3) is 3.48. The van der Waals surface area contributed by atoms with Gasteiger partial charge in [0.05, 0.1) is 5.92 Å². The molecule has 5 nitrogen and oxygen atoms in total. The minimum absolute atomic E-state index is 0.0207. The Morgan fingerprint density at radius 1 is 1.43 bits per heavy atom. The van der Waals surface area contributed by atoms with Crippen molar-refractivity contribution >= 4 is 27.7 Å². The molecule has 2 N–H and O–H groups in total. The predicted molar refractivity (Wildman–Crippen MR) is 84.8 cm³/mol. The molecule has 2 heterocycles. The Balaban J connectivity index is 2.23. The van der Waals surface area contributed by atoms with E-state index < -0.39 is 0 Å². The molecule has 6 heteroatoms. The van der Waals surface area contributed by atoms with Crippen LogP contribution in [0, 0.1) is 5.92 Å². The molecule has 0 spiro atoms. The molecule has 1 fully saturated rings. The van der Waals surface area contributed by atoms with Crippen LogP contribution in [0.2, 0.25) is 0 Å². The van der Waals surface area contributed by atoms with Crippen LogP contribution in [0.25, 0.3) is 0 Å². The van der Waals surface area contributed by atoms with Gasteiger partial charge in [-0.15, -0.1) is 0 Å². The van der Waals surface area contributed by atoms with E-state index in [1.54, 1.807) is 4.90 Å². The van der Waals surface area contributed by atoms with Crippen LogP contribution in [0.4, 0.5) is 0 Å². The lowest BCUT2D eigenvalue weighted by Gasteiger charge is -2.37. The smallest absolute Gasteiger partial charge is 0.270 e. The Bertz CT molecular complexity index is 541. The minimum atomic E-state index is -0.315. The van der Waals surface area contributed by atoms with E-state index in [9.17, 15) is 9.59 Å². The van der Waals surface area contributed by atoms with Crippen LogP contribution < -0.4 is 5.73 Å². The molecule has 21 heavy (non-hydrogen) atoms. The largest absolute Gasteiger partial charge is 0.369 e. The van der Waals surface area contributed by atoms with E-state index >= 15 is 0 Å². The van der Waals surface area contributed by atoms with Gasteiger partial charge in [-0.3, -0.25) is 9.59 Å². The van der Waals surface area contributed by atoms with Crippen LogP contribution in [0.3, 0.4) is 0 Å². The Morgan fingerprint density at radius 3 is 2.76 bits per heavy atom. The second kappa shape index (κ2) is 6.64. The molecule has 0 saturated carbocycles. The minimum Gasteiger partial charge on any atom is -0.369 e.